The van der Waals surface area contributed by atoms with E-state index in [-0.39, 0.29) is 6.10 Å². The fourth-order valence-electron chi connectivity index (χ4n) is 1.28. The number of rotatable bonds is 5. The minimum Gasteiger partial charge on any atom is -0.374 e. The lowest BCUT2D eigenvalue weighted by molar-refractivity contribution is 0.0197. The van der Waals surface area contributed by atoms with Crippen LogP contribution in [0.5, 0.6) is 0 Å². The molecule has 0 spiro atoms. The number of hydrogen-bond acceptors (Lipinski definition) is 2. The van der Waals surface area contributed by atoms with Crippen LogP contribution < -0.4 is 0 Å². The summed E-state index contributed by atoms with van der Waals surface area (Å²) in [5.41, 5.74) is 1.17. The number of hydrogen-bond donors (Lipinski definition) is 0. The maximum atomic E-state index is 8.57. The van der Waals surface area contributed by atoms with Crippen LogP contribution in [0.3, 0.4) is 0 Å². The van der Waals surface area contributed by atoms with Crippen molar-refractivity contribution < 1.29 is 4.74 Å². The molecule has 0 N–H and O–H groups in total. The Kier molecular flexibility index (Phi) is 4.86. The van der Waals surface area contributed by atoms with Crippen molar-refractivity contribution in [1.82, 2.24) is 0 Å². The summed E-state index contributed by atoms with van der Waals surface area (Å²) >= 11 is 0. The van der Waals surface area contributed by atoms with E-state index >= 15 is 0 Å². The molecule has 2 heteroatoms. The molecule has 0 aliphatic rings. The quantitative estimate of drug-likeness (QED) is 0.736. The molecule has 1 aromatic carbocycles. The first-order valence-electron chi connectivity index (χ1n) is 5.26. The van der Waals surface area contributed by atoms with E-state index in [0.717, 1.165) is 0 Å². The van der Waals surface area contributed by atoms with Gasteiger partial charge in [-0.2, -0.15) is 5.26 Å². The van der Waals surface area contributed by atoms with E-state index in [9.17, 15) is 0 Å². The summed E-state index contributed by atoms with van der Waals surface area (Å²) in [6, 6.07) is 12.2. The number of nitrogens with zero attached hydrogens (tertiary/aromatic N) is 1. The molecular weight excluding hydrogens is 186 g/mol. The third kappa shape index (κ3) is 4.14. The molecule has 0 aromatic heterocycles. The summed E-state index contributed by atoms with van der Waals surface area (Å²) < 4.78 is 5.69. The fraction of sp³-hybridized carbons (Fsp3) is 0.462. The van der Waals surface area contributed by atoms with Crippen LogP contribution in [0.25, 0.3) is 0 Å². The first kappa shape index (κ1) is 11.7. The predicted molar refractivity (Wildman–Crippen MR) is 60.1 cm³/mol. The van der Waals surface area contributed by atoms with Gasteiger partial charge in [0, 0.05) is 6.42 Å². The molecule has 2 unspecified atom stereocenters. The molecule has 2 nitrogen and oxygen atoms in total. The van der Waals surface area contributed by atoms with Crippen LogP contribution in [0.2, 0.25) is 0 Å². The zero-order valence-corrected chi connectivity index (χ0v) is 9.31. The minimum absolute atomic E-state index is 0.129. The predicted octanol–water partition coefficient (Wildman–Crippen LogP) is 3.14. The summed E-state index contributed by atoms with van der Waals surface area (Å²) in [6.45, 7) is 4.68. The summed E-state index contributed by atoms with van der Waals surface area (Å²) in [6.07, 6.45) is 0.681. The second-order valence-electron chi connectivity index (χ2n) is 3.84. The lowest BCUT2D eigenvalue weighted by Crippen LogP contribution is -2.17. The molecule has 0 saturated heterocycles. The first-order chi connectivity index (χ1) is 7.24. The minimum atomic E-state index is 0.129. The Bertz CT molecular complexity index is 315. The van der Waals surface area contributed by atoms with Crippen molar-refractivity contribution in [3.63, 3.8) is 0 Å². The normalized spacial score (nSPS) is 14.2. The zero-order valence-electron chi connectivity index (χ0n) is 9.31. The molecule has 2 atom stereocenters. The van der Waals surface area contributed by atoms with Crippen LogP contribution in [0.15, 0.2) is 30.3 Å². The summed E-state index contributed by atoms with van der Waals surface area (Å²) in [7, 11) is 0. The monoisotopic (exact) mass is 203 g/mol. The van der Waals surface area contributed by atoms with E-state index in [0.29, 0.717) is 18.9 Å². The molecule has 0 radical (unpaired) electrons. The van der Waals surface area contributed by atoms with Crippen LogP contribution >= 0.6 is 0 Å². The summed E-state index contributed by atoms with van der Waals surface area (Å²) in [5.74, 6) is 0.290. The molecule has 0 heterocycles. The molecule has 80 valence electrons. The van der Waals surface area contributed by atoms with Crippen molar-refractivity contribution in [3.8, 4) is 6.07 Å². The van der Waals surface area contributed by atoms with Crippen LogP contribution in [0.4, 0.5) is 0 Å². The Balaban J connectivity index is 2.35. The summed E-state index contributed by atoms with van der Waals surface area (Å²) in [4.78, 5) is 0. The van der Waals surface area contributed by atoms with Gasteiger partial charge in [-0.15, -0.1) is 0 Å². The van der Waals surface area contributed by atoms with Gasteiger partial charge in [0.25, 0.3) is 0 Å². The molecule has 1 rings (SSSR count). The molecule has 0 saturated carbocycles. The fourth-order valence-corrected chi connectivity index (χ4v) is 1.28. The lowest BCUT2D eigenvalue weighted by atomic mass is 10.0. The molecule has 15 heavy (non-hydrogen) atoms. The van der Waals surface area contributed by atoms with E-state index in [1.54, 1.807) is 0 Å². The highest BCUT2D eigenvalue weighted by Gasteiger charge is 2.11. The average Bonchev–Trinajstić information content (AvgIpc) is 2.27. The SMILES string of the molecule is CC(CC#N)C(C)OCc1ccccc1. The molecule has 0 amide bonds. The van der Waals surface area contributed by atoms with Crippen molar-refractivity contribution in [2.24, 2.45) is 5.92 Å². The van der Waals surface area contributed by atoms with Gasteiger partial charge in [0.1, 0.15) is 0 Å². The zero-order chi connectivity index (χ0) is 11.1. The number of ether oxygens (including phenoxy) is 1. The van der Waals surface area contributed by atoms with Gasteiger partial charge in [0.15, 0.2) is 0 Å². The van der Waals surface area contributed by atoms with Crippen molar-refractivity contribution >= 4 is 0 Å². The Morgan fingerprint density at radius 1 is 1.27 bits per heavy atom. The first-order valence-corrected chi connectivity index (χ1v) is 5.26. The highest BCUT2D eigenvalue weighted by molar-refractivity contribution is 5.13. The molecule has 0 aliphatic carbocycles. The van der Waals surface area contributed by atoms with E-state index < -0.39 is 0 Å². The van der Waals surface area contributed by atoms with Gasteiger partial charge >= 0.3 is 0 Å². The van der Waals surface area contributed by atoms with E-state index in [4.69, 9.17) is 10.00 Å². The molecule has 0 bridgehead atoms. The lowest BCUT2D eigenvalue weighted by Gasteiger charge is -2.18. The Morgan fingerprint density at radius 3 is 2.53 bits per heavy atom. The average molecular weight is 203 g/mol. The Hall–Kier alpha value is -1.33. The standard InChI is InChI=1S/C13H17NO/c1-11(8-9-14)12(2)15-10-13-6-4-3-5-7-13/h3-7,11-12H,8,10H2,1-2H3. The Labute approximate surface area is 91.5 Å². The third-order valence-electron chi connectivity index (χ3n) is 2.57. The molecular formula is C13H17NO. The highest BCUT2D eigenvalue weighted by atomic mass is 16.5. The van der Waals surface area contributed by atoms with E-state index in [1.807, 2.05) is 44.2 Å². The van der Waals surface area contributed by atoms with Gasteiger partial charge in [-0.25, -0.2) is 0 Å². The second-order valence-corrected chi connectivity index (χ2v) is 3.84. The number of benzene rings is 1. The van der Waals surface area contributed by atoms with E-state index in [1.165, 1.54) is 5.56 Å². The number of nitriles is 1. The van der Waals surface area contributed by atoms with Crippen molar-refractivity contribution in [3.05, 3.63) is 35.9 Å². The van der Waals surface area contributed by atoms with Gasteiger partial charge in [-0.05, 0) is 18.4 Å². The smallest absolute Gasteiger partial charge is 0.0720 e. The van der Waals surface area contributed by atoms with Crippen molar-refractivity contribution in [1.29, 1.82) is 5.26 Å². The third-order valence-corrected chi connectivity index (χ3v) is 2.57. The molecule has 0 fully saturated rings. The van der Waals surface area contributed by atoms with Crippen LogP contribution in [-0.4, -0.2) is 6.10 Å². The molecule has 0 aliphatic heterocycles. The maximum absolute atomic E-state index is 8.57. The van der Waals surface area contributed by atoms with Crippen LogP contribution in [0.1, 0.15) is 25.8 Å². The second kappa shape index (κ2) is 6.21. The van der Waals surface area contributed by atoms with Crippen molar-refractivity contribution in [2.45, 2.75) is 33.0 Å². The van der Waals surface area contributed by atoms with Crippen molar-refractivity contribution in [2.75, 3.05) is 0 Å². The molecule has 1 aromatic rings. The highest BCUT2D eigenvalue weighted by Crippen LogP contribution is 2.12. The Morgan fingerprint density at radius 2 is 1.93 bits per heavy atom. The van der Waals surface area contributed by atoms with Gasteiger partial charge in [0.05, 0.1) is 18.8 Å². The van der Waals surface area contributed by atoms with E-state index in [2.05, 4.69) is 6.07 Å². The van der Waals surface area contributed by atoms with Gasteiger partial charge in [0.2, 0.25) is 0 Å². The maximum Gasteiger partial charge on any atom is 0.0720 e. The van der Waals surface area contributed by atoms with Crippen LogP contribution in [0, 0.1) is 17.2 Å². The largest absolute Gasteiger partial charge is 0.374 e. The topological polar surface area (TPSA) is 33.0 Å². The van der Waals surface area contributed by atoms with Gasteiger partial charge in [-0.1, -0.05) is 37.3 Å². The summed E-state index contributed by atoms with van der Waals surface area (Å²) in [5, 5.41) is 8.57. The van der Waals surface area contributed by atoms with Gasteiger partial charge in [-0.3, -0.25) is 0 Å². The van der Waals surface area contributed by atoms with Gasteiger partial charge < -0.3 is 4.74 Å². The van der Waals surface area contributed by atoms with Crippen LogP contribution in [-0.2, 0) is 11.3 Å².